The molecule has 46 valence electrons. The van der Waals surface area contributed by atoms with E-state index in [2.05, 4.69) is 5.32 Å². The number of hydrogen-bond acceptors (Lipinski definition) is 1. The Morgan fingerprint density at radius 1 is 1.88 bits per heavy atom. The van der Waals surface area contributed by atoms with Gasteiger partial charge < -0.3 is 5.32 Å². The Balaban J connectivity index is 2.42. The maximum Gasteiger partial charge on any atom is 0.224 e. The molecule has 0 bridgehead atoms. The summed E-state index contributed by atoms with van der Waals surface area (Å²) < 4.78 is 0. The first-order chi connectivity index (χ1) is 3.84. The summed E-state index contributed by atoms with van der Waals surface area (Å²) in [5, 5.41) is 2.70. The zero-order valence-electron chi connectivity index (χ0n) is 4.48. The summed E-state index contributed by atoms with van der Waals surface area (Å²) in [6.07, 6.45) is 0.905. The first-order valence-electron chi connectivity index (χ1n) is 2.68. The summed E-state index contributed by atoms with van der Waals surface area (Å²) in [5.41, 5.74) is 0. The van der Waals surface area contributed by atoms with Crippen LogP contribution in [-0.2, 0) is 4.79 Å². The van der Waals surface area contributed by atoms with Gasteiger partial charge >= 0.3 is 0 Å². The Kier molecular flexibility index (Phi) is 1.73. The molecule has 0 aromatic heterocycles. The molecule has 1 saturated heterocycles. The summed E-state index contributed by atoms with van der Waals surface area (Å²) in [4.78, 5) is 10.6. The molecular weight excluding hydrogens is 126 g/mol. The number of nitrogens with one attached hydrogen (secondary N) is 1. The van der Waals surface area contributed by atoms with Crippen molar-refractivity contribution in [3.05, 3.63) is 0 Å². The Hall–Kier alpha value is -0.240. The third kappa shape index (κ3) is 0.944. The molecule has 0 aliphatic carbocycles. The van der Waals surface area contributed by atoms with Gasteiger partial charge in [-0.1, -0.05) is 0 Å². The van der Waals surface area contributed by atoms with Crippen molar-refractivity contribution in [2.45, 2.75) is 6.42 Å². The molecule has 1 aliphatic rings. The fourth-order valence-electron chi connectivity index (χ4n) is 0.792. The van der Waals surface area contributed by atoms with E-state index in [1.807, 2.05) is 0 Å². The Morgan fingerprint density at radius 3 is 2.88 bits per heavy atom. The molecule has 1 aliphatic heterocycles. The second-order valence-corrected chi connectivity index (χ2v) is 2.24. The van der Waals surface area contributed by atoms with E-state index in [1.165, 1.54) is 0 Å². The topological polar surface area (TPSA) is 29.1 Å². The van der Waals surface area contributed by atoms with Gasteiger partial charge in [-0.15, -0.1) is 11.6 Å². The highest BCUT2D eigenvalue weighted by Crippen LogP contribution is 2.09. The van der Waals surface area contributed by atoms with Gasteiger partial charge in [-0.05, 0) is 6.42 Å². The average Bonchev–Trinajstić information content (AvgIpc) is 2.14. The monoisotopic (exact) mass is 133 g/mol. The molecule has 1 atom stereocenters. The Morgan fingerprint density at radius 2 is 2.62 bits per heavy atom. The number of alkyl halides is 1. The zero-order chi connectivity index (χ0) is 5.98. The number of amides is 1. The summed E-state index contributed by atoms with van der Waals surface area (Å²) >= 11 is 5.44. The highest BCUT2D eigenvalue weighted by Gasteiger charge is 2.21. The molecule has 0 aromatic rings. The van der Waals surface area contributed by atoms with Crippen LogP contribution in [0.2, 0.25) is 0 Å². The molecule has 1 fully saturated rings. The molecule has 2 nitrogen and oxygen atoms in total. The zero-order valence-corrected chi connectivity index (χ0v) is 5.24. The van der Waals surface area contributed by atoms with Gasteiger partial charge in [0.25, 0.3) is 0 Å². The summed E-state index contributed by atoms with van der Waals surface area (Å²) in [6, 6.07) is 0. The van der Waals surface area contributed by atoms with Gasteiger partial charge in [0.1, 0.15) is 0 Å². The van der Waals surface area contributed by atoms with Crippen LogP contribution in [0.4, 0.5) is 0 Å². The fraction of sp³-hybridized carbons (Fsp3) is 0.800. The molecule has 0 spiro atoms. The van der Waals surface area contributed by atoms with E-state index in [-0.39, 0.29) is 11.8 Å². The molecule has 1 amide bonds. The lowest BCUT2D eigenvalue weighted by Crippen LogP contribution is -2.19. The summed E-state index contributed by atoms with van der Waals surface area (Å²) in [5.74, 6) is 0.655. The molecule has 0 radical (unpaired) electrons. The number of hydrogen-bond donors (Lipinski definition) is 1. The smallest absolute Gasteiger partial charge is 0.224 e. The predicted octanol–water partition coefficient (Wildman–Crippen LogP) is 0.361. The molecule has 1 N–H and O–H groups in total. The van der Waals surface area contributed by atoms with Crippen LogP contribution in [0.3, 0.4) is 0 Å². The third-order valence-corrected chi connectivity index (χ3v) is 1.72. The molecule has 0 unspecified atom stereocenters. The van der Waals surface area contributed by atoms with Crippen LogP contribution in [0.15, 0.2) is 0 Å². The highest BCUT2D eigenvalue weighted by molar-refractivity contribution is 6.19. The van der Waals surface area contributed by atoms with Crippen molar-refractivity contribution in [3.8, 4) is 0 Å². The van der Waals surface area contributed by atoms with Gasteiger partial charge in [-0.3, -0.25) is 4.79 Å². The van der Waals surface area contributed by atoms with E-state index < -0.39 is 0 Å². The van der Waals surface area contributed by atoms with E-state index in [0.717, 1.165) is 13.0 Å². The average molecular weight is 134 g/mol. The molecule has 8 heavy (non-hydrogen) atoms. The maximum atomic E-state index is 10.6. The van der Waals surface area contributed by atoms with Crippen molar-refractivity contribution < 1.29 is 4.79 Å². The van der Waals surface area contributed by atoms with Crippen molar-refractivity contribution in [1.82, 2.24) is 5.32 Å². The number of carbonyl (C=O) groups excluding carboxylic acids is 1. The lowest BCUT2D eigenvalue weighted by atomic mass is 10.1. The van der Waals surface area contributed by atoms with Crippen molar-refractivity contribution in [3.63, 3.8) is 0 Å². The standard InChI is InChI=1S/C5H8ClNO/c6-3-4-1-2-7-5(4)8/h4H,1-3H2,(H,7,8)/t4-/m0/s1. The van der Waals surface area contributed by atoms with E-state index in [0.29, 0.717) is 5.88 Å². The van der Waals surface area contributed by atoms with Crippen LogP contribution in [0.5, 0.6) is 0 Å². The van der Waals surface area contributed by atoms with Gasteiger partial charge in [0, 0.05) is 12.4 Å². The van der Waals surface area contributed by atoms with Crippen LogP contribution >= 0.6 is 11.6 Å². The van der Waals surface area contributed by atoms with Crippen LogP contribution in [0.1, 0.15) is 6.42 Å². The lowest BCUT2D eigenvalue weighted by molar-refractivity contribution is -0.121. The number of rotatable bonds is 1. The van der Waals surface area contributed by atoms with E-state index in [1.54, 1.807) is 0 Å². The minimum atomic E-state index is 0.0802. The Bertz CT molecular complexity index is 105. The van der Waals surface area contributed by atoms with Gasteiger partial charge in [0.05, 0.1) is 5.92 Å². The normalized spacial score (nSPS) is 28.1. The van der Waals surface area contributed by atoms with Gasteiger partial charge in [-0.2, -0.15) is 0 Å². The molecular formula is C5H8ClNO. The van der Waals surface area contributed by atoms with Crippen molar-refractivity contribution >= 4 is 17.5 Å². The lowest BCUT2D eigenvalue weighted by Gasteiger charge is -1.95. The van der Waals surface area contributed by atoms with Crippen molar-refractivity contribution in [1.29, 1.82) is 0 Å². The predicted molar refractivity (Wildman–Crippen MR) is 31.8 cm³/mol. The highest BCUT2D eigenvalue weighted by atomic mass is 35.5. The quantitative estimate of drug-likeness (QED) is 0.515. The van der Waals surface area contributed by atoms with E-state index in [9.17, 15) is 4.79 Å². The summed E-state index contributed by atoms with van der Waals surface area (Å²) in [6.45, 7) is 0.802. The molecule has 0 saturated carbocycles. The second kappa shape index (κ2) is 2.35. The first-order valence-corrected chi connectivity index (χ1v) is 3.21. The second-order valence-electron chi connectivity index (χ2n) is 1.93. The third-order valence-electron chi connectivity index (χ3n) is 1.35. The largest absolute Gasteiger partial charge is 0.356 e. The van der Waals surface area contributed by atoms with Crippen molar-refractivity contribution in [2.24, 2.45) is 5.92 Å². The van der Waals surface area contributed by atoms with E-state index >= 15 is 0 Å². The molecule has 3 heteroatoms. The maximum absolute atomic E-state index is 10.6. The van der Waals surface area contributed by atoms with Crippen LogP contribution in [-0.4, -0.2) is 18.3 Å². The SMILES string of the molecule is O=C1NCC[C@H]1CCl. The first kappa shape index (κ1) is 5.89. The molecule has 0 aromatic carbocycles. The Labute approximate surface area is 53.2 Å². The number of halogens is 1. The van der Waals surface area contributed by atoms with Gasteiger partial charge in [0.2, 0.25) is 5.91 Å². The number of carbonyl (C=O) groups is 1. The van der Waals surface area contributed by atoms with Gasteiger partial charge in [-0.25, -0.2) is 0 Å². The van der Waals surface area contributed by atoms with Crippen LogP contribution in [0, 0.1) is 5.92 Å². The fourth-order valence-corrected chi connectivity index (χ4v) is 1.09. The molecule has 1 rings (SSSR count). The van der Waals surface area contributed by atoms with Gasteiger partial charge in [0.15, 0.2) is 0 Å². The summed E-state index contributed by atoms with van der Waals surface area (Å²) in [7, 11) is 0. The minimum Gasteiger partial charge on any atom is -0.356 e. The van der Waals surface area contributed by atoms with Crippen LogP contribution in [0.25, 0.3) is 0 Å². The van der Waals surface area contributed by atoms with Crippen LogP contribution < -0.4 is 5.32 Å². The van der Waals surface area contributed by atoms with Crippen molar-refractivity contribution in [2.75, 3.05) is 12.4 Å². The van der Waals surface area contributed by atoms with E-state index in [4.69, 9.17) is 11.6 Å². The molecule has 1 heterocycles. The minimum absolute atomic E-state index is 0.0802.